The van der Waals surface area contributed by atoms with Gasteiger partial charge in [-0.15, -0.1) is 0 Å². The first-order valence-electron chi connectivity index (χ1n) is 7.41. The fourth-order valence-electron chi connectivity index (χ4n) is 2.82. The van der Waals surface area contributed by atoms with Crippen LogP contribution in [0.15, 0.2) is 0 Å². The van der Waals surface area contributed by atoms with Crippen molar-refractivity contribution in [1.82, 2.24) is 14.6 Å². The summed E-state index contributed by atoms with van der Waals surface area (Å²) in [5, 5.41) is 15.2. The Morgan fingerprint density at radius 1 is 1.43 bits per heavy atom. The topological polar surface area (TPSA) is 76.7 Å². The highest BCUT2D eigenvalue weighted by Crippen LogP contribution is 2.35. The van der Waals surface area contributed by atoms with Crippen LogP contribution in [-0.2, 0) is 11.3 Å². The van der Waals surface area contributed by atoms with E-state index >= 15 is 0 Å². The number of carbonyl (C=O) groups is 1. The van der Waals surface area contributed by atoms with Crippen LogP contribution in [0.25, 0.3) is 4.96 Å². The number of aromatic nitrogens is 3. The molecule has 0 spiro atoms. The van der Waals surface area contributed by atoms with Gasteiger partial charge in [-0.05, 0) is 19.8 Å². The molecule has 1 fully saturated rings. The standard InChI is InChI=1S/C14H19N3O3S/c1-2-20-13(19)11-10(8-18)17-14(15-11)21-12(16-17)9-6-4-3-5-7-9/h9,18H,2-8H2,1H3. The van der Waals surface area contributed by atoms with E-state index in [0.717, 1.165) is 17.8 Å². The van der Waals surface area contributed by atoms with Crippen LogP contribution in [0.3, 0.4) is 0 Å². The molecule has 21 heavy (non-hydrogen) atoms. The Hall–Kier alpha value is -1.47. The SMILES string of the molecule is CCOC(=O)c1nc2sc(C3CCCCC3)nn2c1CO. The van der Waals surface area contributed by atoms with Crippen LogP contribution < -0.4 is 0 Å². The molecule has 2 aromatic heterocycles. The largest absolute Gasteiger partial charge is 0.461 e. The van der Waals surface area contributed by atoms with Crippen LogP contribution >= 0.6 is 11.3 Å². The van der Waals surface area contributed by atoms with Gasteiger partial charge in [-0.3, -0.25) is 0 Å². The van der Waals surface area contributed by atoms with Crippen LogP contribution in [0.5, 0.6) is 0 Å². The van der Waals surface area contributed by atoms with Gasteiger partial charge < -0.3 is 9.84 Å². The highest BCUT2D eigenvalue weighted by molar-refractivity contribution is 7.16. The Labute approximate surface area is 126 Å². The lowest BCUT2D eigenvalue weighted by atomic mass is 9.90. The Bertz CT molecular complexity index is 643. The number of ether oxygens (including phenoxy) is 1. The van der Waals surface area contributed by atoms with E-state index in [4.69, 9.17) is 4.74 Å². The molecule has 1 saturated carbocycles. The Balaban J connectivity index is 1.95. The van der Waals surface area contributed by atoms with E-state index < -0.39 is 5.97 Å². The zero-order valence-corrected chi connectivity index (χ0v) is 12.9. The summed E-state index contributed by atoms with van der Waals surface area (Å²) in [4.78, 5) is 16.8. The molecule has 0 saturated heterocycles. The second-order valence-electron chi connectivity index (χ2n) is 5.26. The predicted molar refractivity (Wildman–Crippen MR) is 78.6 cm³/mol. The lowest BCUT2D eigenvalue weighted by Crippen LogP contribution is -2.10. The molecule has 0 bridgehead atoms. The van der Waals surface area contributed by atoms with Crippen molar-refractivity contribution in [1.29, 1.82) is 0 Å². The first kappa shape index (κ1) is 14.5. The van der Waals surface area contributed by atoms with Gasteiger partial charge in [0.15, 0.2) is 5.69 Å². The fourth-order valence-corrected chi connectivity index (χ4v) is 3.91. The third-order valence-electron chi connectivity index (χ3n) is 3.89. The monoisotopic (exact) mass is 309 g/mol. The molecule has 6 nitrogen and oxygen atoms in total. The molecule has 1 N–H and O–H groups in total. The van der Waals surface area contributed by atoms with Crippen molar-refractivity contribution in [3.05, 3.63) is 16.4 Å². The number of nitrogens with zero attached hydrogens (tertiary/aromatic N) is 3. The summed E-state index contributed by atoms with van der Waals surface area (Å²) < 4.78 is 6.56. The molecule has 114 valence electrons. The van der Waals surface area contributed by atoms with Crippen LogP contribution in [0.4, 0.5) is 0 Å². The summed E-state index contributed by atoms with van der Waals surface area (Å²) in [5.41, 5.74) is 0.593. The minimum Gasteiger partial charge on any atom is -0.461 e. The number of esters is 1. The quantitative estimate of drug-likeness (QED) is 0.878. The van der Waals surface area contributed by atoms with Crippen molar-refractivity contribution in [3.8, 4) is 0 Å². The highest BCUT2D eigenvalue weighted by Gasteiger charge is 2.25. The number of aliphatic hydroxyl groups excluding tert-OH is 1. The van der Waals surface area contributed by atoms with Crippen molar-refractivity contribution in [2.24, 2.45) is 0 Å². The highest BCUT2D eigenvalue weighted by atomic mass is 32.1. The number of hydrogen-bond acceptors (Lipinski definition) is 6. The first-order chi connectivity index (χ1) is 10.2. The second kappa shape index (κ2) is 6.11. The van der Waals surface area contributed by atoms with Crippen LogP contribution in [0.2, 0.25) is 0 Å². The lowest BCUT2D eigenvalue weighted by molar-refractivity contribution is 0.0516. The van der Waals surface area contributed by atoms with Gasteiger partial charge >= 0.3 is 5.97 Å². The van der Waals surface area contributed by atoms with E-state index in [1.165, 1.54) is 30.6 Å². The maximum absolute atomic E-state index is 11.8. The number of fused-ring (bicyclic) bond motifs is 1. The Morgan fingerprint density at radius 3 is 2.86 bits per heavy atom. The number of aliphatic hydroxyl groups is 1. The summed E-state index contributed by atoms with van der Waals surface area (Å²) in [5.74, 6) is -0.0125. The second-order valence-corrected chi connectivity index (χ2v) is 6.24. The van der Waals surface area contributed by atoms with Crippen molar-refractivity contribution >= 4 is 22.3 Å². The third-order valence-corrected chi connectivity index (χ3v) is 4.96. The van der Waals surface area contributed by atoms with Crippen LogP contribution in [-0.4, -0.2) is 32.3 Å². The summed E-state index contributed by atoms with van der Waals surface area (Å²) in [6.07, 6.45) is 6.11. The van der Waals surface area contributed by atoms with Gasteiger partial charge in [0, 0.05) is 5.92 Å². The molecule has 0 aliphatic heterocycles. The fraction of sp³-hybridized carbons (Fsp3) is 0.643. The van der Waals surface area contributed by atoms with Crippen molar-refractivity contribution in [2.45, 2.75) is 51.6 Å². The van der Waals surface area contributed by atoms with Gasteiger partial charge in [0.25, 0.3) is 0 Å². The maximum Gasteiger partial charge on any atom is 0.359 e. The van der Waals surface area contributed by atoms with Crippen LogP contribution in [0.1, 0.15) is 66.1 Å². The molecular formula is C14H19N3O3S. The number of carbonyl (C=O) groups excluding carboxylic acids is 1. The Morgan fingerprint density at radius 2 is 2.19 bits per heavy atom. The summed E-state index contributed by atoms with van der Waals surface area (Å²) in [6.45, 7) is 1.76. The zero-order valence-electron chi connectivity index (χ0n) is 12.0. The molecule has 7 heteroatoms. The summed E-state index contributed by atoms with van der Waals surface area (Å²) >= 11 is 1.51. The van der Waals surface area contributed by atoms with E-state index in [-0.39, 0.29) is 18.9 Å². The maximum atomic E-state index is 11.8. The number of rotatable bonds is 4. The van der Waals surface area contributed by atoms with Gasteiger partial charge in [-0.2, -0.15) is 5.10 Å². The smallest absolute Gasteiger partial charge is 0.359 e. The van der Waals surface area contributed by atoms with Crippen LogP contribution in [0, 0.1) is 0 Å². The van der Waals surface area contributed by atoms with Gasteiger partial charge in [-0.1, -0.05) is 30.6 Å². The predicted octanol–water partition coefficient (Wildman–Crippen LogP) is 2.51. The molecule has 1 aliphatic carbocycles. The molecule has 0 aromatic carbocycles. The van der Waals surface area contributed by atoms with Crippen molar-refractivity contribution in [2.75, 3.05) is 6.61 Å². The van der Waals surface area contributed by atoms with E-state index in [1.807, 2.05) is 0 Å². The van der Waals surface area contributed by atoms with E-state index in [2.05, 4.69) is 10.1 Å². The molecule has 0 radical (unpaired) electrons. The average molecular weight is 309 g/mol. The molecule has 0 atom stereocenters. The van der Waals surface area contributed by atoms with Gasteiger partial charge in [0.05, 0.1) is 13.2 Å². The minimum absolute atomic E-state index is 0.174. The number of imidazole rings is 1. The van der Waals surface area contributed by atoms with Crippen molar-refractivity contribution < 1.29 is 14.6 Å². The Kier molecular flexibility index (Phi) is 4.21. The van der Waals surface area contributed by atoms with Crippen molar-refractivity contribution in [3.63, 3.8) is 0 Å². The normalized spacial score (nSPS) is 16.5. The molecule has 2 heterocycles. The molecule has 0 unspecified atom stereocenters. The van der Waals surface area contributed by atoms with Gasteiger partial charge in [0.1, 0.15) is 10.7 Å². The molecule has 0 amide bonds. The summed E-state index contributed by atoms with van der Waals surface area (Å²) in [7, 11) is 0. The third kappa shape index (κ3) is 2.67. The van der Waals surface area contributed by atoms with Gasteiger partial charge in [0.2, 0.25) is 4.96 Å². The molecule has 2 aromatic rings. The molecule has 3 rings (SSSR count). The number of hydrogen-bond donors (Lipinski definition) is 1. The van der Waals surface area contributed by atoms with E-state index in [0.29, 0.717) is 16.6 Å². The molecule has 1 aliphatic rings. The first-order valence-corrected chi connectivity index (χ1v) is 8.22. The van der Waals surface area contributed by atoms with E-state index in [9.17, 15) is 9.90 Å². The lowest BCUT2D eigenvalue weighted by Gasteiger charge is -2.18. The summed E-state index contributed by atoms with van der Waals surface area (Å²) in [6, 6.07) is 0. The molecular weight excluding hydrogens is 290 g/mol. The van der Waals surface area contributed by atoms with E-state index in [1.54, 1.807) is 11.4 Å². The zero-order chi connectivity index (χ0) is 14.8. The average Bonchev–Trinajstić information content (AvgIpc) is 3.05. The van der Waals surface area contributed by atoms with Gasteiger partial charge in [-0.25, -0.2) is 14.3 Å². The minimum atomic E-state index is -0.501.